The Labute approximate surface area is 119 Å². The molecule has 0 unspecified atom stereocenters. The molecule has 2 N–H and O–H groups in total. The first kappa shape index (κ1) is 12.9. The van der Waals surface area contributed by atoms with Crippen molar-refractivity contribution in [2.75, 3.05) is 0 Å². The minimum Gasteiger partial charge on any atom is -0.334 e. The van der Waals surface area contributed by atoms with Gasteiger partial charge in [-0.1, -0.05) is 54.6 Å². The van der Waals surface area contributed by atoms with E-state index < -0.39 is 0 Å². The lowest BCUT2D eigenvalue weighted by Crippen LogP contribution is -2.28. The van der Waals surface area contributed by atoms with Gasteiger partial charge in [0.15, 0.2) is 0 Å². The molecule has 2 aromatic rings. The second-order valence-electron chi connectivity index (χ2n) is 5.24. The van der Waals surface area contributed by atoms with Gasteiger partial charge in [-0.25, -0.2) is 0 Å². The predicted molar refractivity (Wildman–Crippen MR) is 78.7 cm³/mol. The molecule has 102 valence electrons. The van der Waals surface area contributed by atoms with Crippen molar-refractivity contribution >= 4 is 5.91 Å². The summed E-state index contributed by atoms with van der Waals surface area (Å²) in [7, 11) is 0. The maximum atomic E-state index is 12.3. The molecule has 1 amide bonds. The number of hydrogen-bond donors (Lipinski definition) is 1. The third-order valence-corrected chi connectivity index (χ3v) is 3.82. The number of carbonyl (C=O) groups excluding carboxylic acids is 1. The van der Waals surface area contributed by atoms with Gasteiger partial charge in [-0.2, -0.15) is 0 Å². The SMILES string of the molecule is N[C@@H](CC(=O)N1Cc2ccccc2C1)c1ccccc1. The van der Waals surface area contributed by atoms with Crippen molar-refractivity contribution in [2.45, 2.75) is 25.6 Å². The molecule has 0 spiro atoms. The van der Waals surface area contributed by atoms with Crippen LogP contribution in [0.1, 0.15) is 29.2 Å². The zero-order chi connectivity index (χ0) is 13.9. The first-order valence-electron chi connectivity index (χ1n) is 6.89. The molecule has 3 nitrogen and oxygen atoms in total. The highest BCUT2D eigenvalue weighted by atomic mass is 16.2. The smallest absolute Gasteiger partial charge is 0.225 e. The summed E-state index contributed by atoms with van der Waals surface area (Å²) < 4.78 is 0. The van der Waals surface area contributed by atoms with Gasteiger partial charge in [0.1, 0.15) is 0 Å². The largest absolute Gasteiger partial charge is 0.334 e. The number of nitrogens with zero attached hydrogens (tertiary/aromatic N) is 1. The Hall–Kier alpha value is -2.13. The van der Waals surface area contributed by atoms with Gasteiger partial charge >= 0.3 is 0 Å². The van der Waals surface area contributed by atoms with Crippen LogP contribution < -0.4 is 5.73 Å². The molecule has 1 aliphatic rings. The number of rotatable bonds is 3. The van der Waals surface area contributed by atoms with Gasteiger partial charge in [-0.05, 0) is 16.7 Å². The van der Waals surface area contributed by atoms with Gasteiger partial charge in [-0.15, -0.1) is 0 Å². The van der Waals surface area contributed by atoms with Crippen LogP contribution >= 0.6 is 0 Å². The van der Waals surface area contributed by atoms with Crippen molar-refractivity contribution in [3.8, 4) is 0 Å². The zero-order valence-corrected chi connectivity index (χ0v) is 11.3. The molecule has 0 saturated heterocycles. The molecule has 3 rings (SSSR count). The maximum absolute atomic E-state index is 12.3. The molecule has 0 fully saturated rings. The molecule has 0 aromatic heterocycles. The molecule has 0 aliphatic carbocycles. The Balaban J connectivity index is 1.64. The summed E-state index contributed by atoms with van der Waals surface area (Å²) in [6, 6.07) is 17.8. The van der Waals surface area contributed by atoms with Crippen LogP contribution in [-0.4, -0.2) is 10.8 Å². The number of fused-ring (bicyclic) bond motifs is 1. The molecule has 0 radical (unpaired) electrons. The van der Waals surface area contributed by atoms with Gasteiger partial charge < -0.3 is 10.6 Å². The Bertz CT molecular complexity index is 584. The van der Waals surface area contributed by atoms with Gasteiger partial charge in [-0.3, -0.25) is 4.79 Å². The average molecular weight is 266 g/mol. The lowest BCUT2D eigenvalue weighted by Gasteiger charge is -2.18. The van der Waals surface area contributed by atoms with Crippen molar-refractivity contribution in [2.24, 2.45) is 5.73 Å². The van der Waals surface area contributed by atoms with Crippen LogP contribution in [0.4, 0.5) is 0 Å². The first-order valence-corrected chi connectivity index (χ1v) is 6.89. The normalized spacial score (nSPS) is 14.9. The summed E-state index contributed by atoms with van der Waals surface area (Å²) in [5, 5.41) is 0. The number of benzene rings is 2. The van der Waals surface area contributed by atoms with Gasteiger partial charge in [0.25, 0.3) is 0 Å². The molecule has 0 bridgehead atoms. The molecule has 3 heteroatoms. The van der Waals surface area contributed by atoms with Crippen LogP contribution in [0.5, 0.6) is 0 Å². The van der Waals surface area contributed by atoms with Gasteiger partial charge in [0.05, 0.1) is 0 Å². The fraction of sp³-hybridized carbons (Fsp3) is 0.235. The van der Waals surface area contributed by atoms with Crippen LogP contribution in [-0.2, 0) is 17.9 Å². The summed E-state index contributed by atoms with van der Waals surface area (Å²) in [5.41, 5.74) is 9.62. The summed E-state index contributed by atoms with van der Waals surface area (Å²) in [6.45, 7) is 1.41. The number of amides is 1. The third kappa shape index (κ3) is 2.58. The monoisotopic (exact) mass is 266 g/mol. The van der Waals surface area contributed by atoms with E-state index in [-0.39, 0.29) is 11.9 Å². The molecule has 20 heavy (non-hydrogen) atoms. The van der Waals surface area contributed by atoms with E-state index in [1.165, 1.54) is 11.1 Å². The molecular formula is C17H18N2O. The molecule has 2 aromatic carbocycles. The average Bonchev–Trinajstić information content (AvgIpc) is 2.92. The highest BCUT2D eigenvalue weighted by Crippen LogP contribution is 2.24. The summed E-state index contributed by atoms with van der Waals surface area (Å²) in [5.74, 6) is 0.123. The predicted octanol–water partition coefficient (Wildman–Crippen LogP) is 2.62. The summed E-state index contributed by atoms with van der Waals surface area (Å²) in [6.07, 6.45) is 0.359. The standard InChI is InChI=1S/C17H18N2O/c18-16(13-6-2-1-3-7-13)10-17(20)19-11-14-8-4-5-9-15(14)12-19/h1-9,16H,10-12,18H2/t16-/m0/s1. The second kappa shape index (κ2) is 5.47. The van der Waals surface area contributed by atoms with Crippen LogP contribution in [0.15, 0.2) is 54.6 Å². The zero-order valence-electron chi connectivity index (χ0n) is 11.3. The number of carbonyl (C=O) groups is 1. The van der Waals surface area contributed by atoms with E-state index in [0.29, 0.717) is 19.5 Å². The molecular weight excluding hydrogens is 248 g/mol. The Morgan fingerprint density at radius 2 is 1.55 bits per heavy atom. The Morgan fingerprint density at radius 3 is 2.15 bits per heavy atom. The molecule has 1 atom stereocenters. The molecule has 1 aliphatic heterocycles. The third-order valence-electron chi connectivity index (χ3n) is 3.82. The second-order valence-corrected chi connectivity index (χ2v) is 5.24. The van der Waals surface area contributed by atoms with E-state index in [9.17, 15) is 4.79 Å². The summed E-state index contributed by atoms with van der Waals surface area (Å²) in [4.78, 5) is 14.2. The van der Waals surface area contributed by atoms with Gasteiger partial charge in [0, 0.05) is 25.6 Å². The quantitative estimate of drug-likeness (QED) is 0.928. The molecule has 1 heterocycles. The van der Waals surface area contributed by atoms with Crippen LogP contribution in [0.25, 0.3) is 0 Å². The van der Waals surface area contributed by atoms with Gasteiger partial charge in [0.2, 0.25) is 5.91 Å². The maximum Gasteiger partial charge on any atom is 0.225 e. The van der Waals surface area contributed by atoms with E-state index in [1.807, 2.05) is 47.4 Å². The minimum absolute atomic E-state index is 0.123. The Kier molecular flexibility index (Phi) is 3.52. The fourth-order valence-corrected chi connectivity index (χ4v) is 2.64. The fourth-order valence-electron chi connectivity index (χ4n) is 2.64. The van der Waals surface area contributed by atoms with Crippen LogP contribution in [0, 0.1) is 0 Å². The van der Waals surface area contributed by atoms with Crippen LogP contribution in [0.3, 0.4) is 0 Å². The number of hydrogen-bond acceptors (Lipinski definition) is 2. The van der Waals surface area contributed by atoms with Crippen LogP contribution in [0.2, 0.25) is 0 Å². The lowest BCUT2D eigenvalue weighted by molar-refractivity contribution is -0.132. The summed E-state index contributed by atoms with van der Waals surface area (Å²) >= 11 is 0. The Morgan fingerprint density at radius 1 is 1.00 bits per heavy atom. The van der Waals surface area contributed by atoms with E-state index in [4.69, 9.17) is 5.73 Å². The lowest BCUT2D eigenvalue weighted by atomic mass is 10.0. The molecule has 0 saturated carbocycles. The van der Waals surface area contributed by atoms with E-state index in [0.717, 1.165) is 5.56 Å². The highest BCUT2D eigenvalue weighted by Gasteiger charge is 2.24. The minimum atomic E-state index is -0.229. The van der Waals surface area contributed by atoms with E-state index >= 15 is 0 Å². The van der Waals surface area contributed by atoms with E-state index in [1.54, 1.807) is 0 Å². The topological polar surface area (TPSA) is 46.3 Å². The van der Waals surface area contributed by atoms with Crippen molar-refractivity contribution in [3.63, 3.8) is 0 Å². The van der Waals surface area contributed by atoms with Crippen molar-refractivity contribution < 1.29 is 4.79 Å². The van der Waals surface area contributed by atoms with Crippen molar-refractivity contribution in [1.29, 1.82) is 0 Å². The highest BCUT2D eigenvalue weighted by molar-refractivity contribution is 5.77. The number of nitrogens with two attached hydrogens (primary N) is 1. The van der Waals surface area contributed by atoms with Crippen molar-refractivity contribution in [1.82, 2.24) is 4.90 Å². The van der Waals surface area contributed by atoms with Crippen molar-refractivity contribution in [3.05, 3.63) is 71.3 Å². The first-order chi connectivity index (χ1) is 9.74. The van der Waals surface area contributed by atoms with E-state index in [2.05, 4.69) is 12.1 Å².